The van der Waals surface area contributed by atoms with Gasteiger partial charge in [-0.2, -0.15) is 0 Å². The molecule has 106 valence electrons. The molecule has 0 aromatic carbocycles. The van der Waals surface area contributed by atoms with Crippen LogP contribution >= 0.6 is 11.6 Å². The second-order valence-electron chi connectivity index (χ2n) is 5.28. The highest BCUT2D eigenvalue weighted by Gasteiger charge is 2.22. The highest BCUT2D eigenvalue weighted by Crippen LogP contribution is 2.25. The Kier molecular flexibility index (Phi) is 5.46. The van der Waals surface area contributed by atoms with Crippen molar-refractivity contribution in [3.8, 4) is 0 Å². The molecule has 1 aliphatic rings. The number of piperidine rings is 1. The quantitative estimate of drug-likeness (QED) is 0.886. The molecule has 2 heterocycles. The fraction of sp³-hybridized carbons (Fsp3) is 0.667. The lowest BCUT2D eigenvalue weighted by Crippen LogP contribution is -2.39. The lowest BCUT2D eigenvalue weighted by molar-refractivity contribution is 0.130. The average molecular weight is 282 g/mol. The van der Waals surface area contributed by atoms with Crippen LogP contribution < -0.4 is 5.32 Å². The lowest BCUT2D eigenvalue weighted by Gasteiger charge is -2.35. The van der Waals surface area contributed by atoms with Crippen LogP contribution in [0.1, 0.15) is 44.7 Å². The van der Waals surface area contributed by atoms with E-state index >= 15 is 0 Å². The standard InChI is InChI=1S/C15H24ClN3/c1-3-6-12-7-4-5-10-19(12)11-14-13(16)8-9-15(17-2)18-14/h8-9,12H,3-7,10-11H2,1-2H3,(H,17,18). The van der Waals surface area contributed by atoms with Crippen molar-refractivity contribution in [3.05, 3.63) is 22.8 Å². The first-order valence-corrected chi connectivity index (χ1v) is 7.69. The molecule has 0 aliphatic carbocycles. The van der Waals surface area contributed by atoms with Gasteiger partial charge in [0.15, 0.2) is 0 Å². The van der Waals surface area contributed by atoms with Gasteiger partial charge in [-0.15, -0.1) is 0 Å². The van der Waals surface area contributed by atoms with E-state index in [0.29, 0.717) is 6.04 Å². The van der Waals surface area contributed by atoms with Crippen LogP contribution in [0.5, 0.6) is 0 Å². The van der Waals surface area contributed by atoms with E-state index in [1.807, 2.05) is 19.2 Å². The largest absolute Gasteiger partial charge is 0.373 e. The number of nitrogens with zero attached hydrogens (tertiary/aromatic N) is 2. The SMILES string of the molecule is CCCC1CCCCN1Cc1nc(NC)ccc1Cl. The molecule has 0 saturated carbocycles. The number of nitrogens with one attached hydrogen (secondary N) is 1. The molecule has 1 aromatic rings. The second kappa shape index (κ2) is 7.11. The van der Waals surface area contributed by atoms with E-state index in [0.717, 1.165) is 23.1 Å². The Morgan fingerprint density at radius 1 is 1.42 bits per heavy atom. The van der Waals surface area contributed by atoms with Crippen LogP contribution in [0.4, 0.5) is 5.82 Å². The number of anilines is 1. The van der Waals surface area contributed by atoms with E-state index in [1.54, 1.807) is 0 Å². The molecule has 1 fully saturated rings. The first kappa shape index (κ1) is 14.6. The zero-order valence-electron chi connectivity index (χ0n) is 12.0. The van der Waals surface area contributed by atoms with E-state index in [-0.39, 0.29) is 0 Å². The Balaban J connectivity index is 2.09. The number of rotatable bonds is 5. The molecule has 1 unspecified atom stereocenters. The molecule has 1 aliphatic heterocycles. The molecule has 1 atom stereocenters. The third-order valence-corrected chi connectivity index (χ3v) is 4.24. The van der Waals surface area contributed by atoms with Gasteiger partial charge in [-0.1, -0.05) is 31.4 Å². The van der Waals surface area contributed by atoms with Crippen LogP contribution in [-0.2, 0) is 6.54 Å². The molecule has 0 spiro atoms. The van der Waals surface area contributed by atoms with Gasteiger partial charge in [0.25, 0.3) is 0 Å². The van der Waals surface area contributed by atoms with Crippen molar-refractivity contribution >= 4 is 17.4 Å². The number of likely N-dealkylation sites (tertiary alicyclic amines) is 1. The normalized spacial score (nSPS) is 20.5. The van der Waals surface area contributed by atoms with Crippen LogP contribution in [0.3, 0.4) is 0 Å². The molecule has 3 nitrogen and oxygen atoms in total. The fourth-order valence-corrected chi connectivity index (χ4v) is 3.02. The van der Waals surface area contributed by atoms with Crippen molar-refractivity contribution in [2.45, 2.75) is 51.6 Å². The third-order valence-electron chi connectivity index (χ3n) is 3.90. The highest BCUT2D eigenvalue weighted by molar-refractivity contribution is 6.31. The minimum atomic E-state index is 0.704. The van der Waals surface area contributed by atoms with E-state index in [4.69, 9.17) is 11.6 Å². The van der Waals surface area contributed by atoms with E-state index < -0.39 is 0 Å². The summed E-state index contributed by atoms with van der Waals surface area (Å²) in [5.74, 6) is 0.892. The molecule has 1 aromatic heterocycles. The minimum Gasteiger partial charge on any atom is -0.373 e. The molecular weight excluding hydrogens is 258 g/mol. The average Bonchev–Trinajstić information content (AvgIpc) is 2.43. The summed E-state index contributed by atoms with van der Waals surface area (Å²) in [6, 6.07) is 4.56. The van der Waals surface area contributed by atoms with Gasteiger partial charge in [-0.25, -0.2) is 4.98 Å². The molecule has 4 heteroatoms. The van der Waals surface area contributed by atoms with Crippen molar-refractivity contribution in [2.75, 3.05) is 18.9 Å². The minimum absolute atomic E-state index is 0.704. The summed E-state index contributed by atoms with van der Waals surface area (Å²) in [4.78, 5) is 7.15. The van der Waals surface area contributed by atoms with Crippen molar-refractivity contribution in [1.82, 2.24) is 9.88 Å². The fourth-order valence-electron chi connectivity index (χ4n) is 2.86. The summed E-state index contributed by atoms with van der Waals surface area (Å²) in [6.45, 7) is 4.31. The smallest absolute Gasteiger partial charge is 0.126 e. The summed E-state index contributed by atoms with van der Waals surface area (Å²) >= 11 is 6.28. The Labute approximate surface area is 121 Å². The molecule has 19 heavy (non-hydrogen) atoms. The molecule has 1 saturated heterocycles. The monoisotopic (exact) mass is 281 g/mol. The third kappa shape index (κ3) is 3.83. The summed E-state index contributed by atoms with van der Waals surface area (Å²) < 4.78 is 0. The van der Waals surface area contributed by atoms with Gasteiger partial charge in [-0.3, -0.25) is 4.90 Å². The molecule has 1 N–H and O–H groups in total. The first-order valence-electron chi connectivity index (χ1n) is 7.31. The number of pyridine rings is 1. The highest BCUT2D eigenvalue weighted by atomic mass is 35.5. The van der Waals surface area contributed by atoms with Crippen LogP contribution in [0.25, 0.3) is 0 Å². The molecule has 2 rings (SSSR count). The zero-order chi connectivity index (χ0) is 13.7. The predicted octanol–water partition coefficient (Wildman–Crippen LogP) is 3.93. The molecular formula is C15H24ClN3. The van der Waals surface area contributed by atoms with Crippen molar-refractivity contribution in [1.29, 1.82) is 0 Å². The topological polar surface area (TPSA) is 28.2 Å². The van der Waals surface area contributed by atoms with Gasteiger partial charge in [0.2, 0.25) is 0 Å². The maximum atomic E-state index is 6.28. The molecule has 0 amide bonds. The van der Waals surface area contributed by atoms with Gasteiger partial charge < -0.3 is 5.32 Å². The maximum absolute atomic E-state index is 6.28. The zero-order valence-corrected chi connectivity index (χ0v) is 12.7. The summed E-state index contributed by atoms with van der Waals surface area (Å²) in [5, 5.41) is 3.86. The Bertz CT molecular complexity index is 406. The molecule has 0 bridgehead atoms. The van der Waals surface area contributed by atoms with Crippen LogP contribution in [0.2, 0.25) is 5.02 Å². The summed E-state index contributed by atoms with van der Waals surface area (Å²) in [5.41, 5.74) is 0.997. The van der Waals surface area contributed by atoms with Gasteiger partial charge >= 0.3 is 0 Å². The van der Waals surface area contributed by atoms with Gasteiger partial charge in [0.05, 0.1) is 10.7 Å². The summed E-state index contributed by atoms with van der Waals surface area (Å²) in [7, 11) is 1.89. The number of halogens is 1. The summed E-state index contributed by atoms with van der Waals surface area (Å²) in [6.07, 6.45) is 6.50. The van der Waals surface area contributed by atoms with E-state index in [1.165, 1.54) is 38.6 Å². The van der Waals surface area contributed by atoms with Crippen molar-refractivity contribution in [2.24, 2.45) is 0 Å². The van der Waals surface area contributed by atoms with Crippen molar-refractivity contribution in [3.63, 3.8) is 0 Å². The van der Waals surface area contributed by atoms with Crippen LogP contribution in [-0.4, -0.2) is 29.5 Å². The Hall–Kier alpha value is -0.800. The Morgan fingerprint density at radius 2 is 2.26 bits per heavy atom. The van der Waals surface area contributed by atoms with E-state index in [9.17, 15) is 0 Å². The van der Waals surface area contributed by atoms with Crippen LogP contribution in [0.15, 0.2) is 12.1 Å². The van der Waals surface area contributed by atoms with Gasteiger partial charge in [-0.05, 0) is 37.9 Å². The van der Waals surface area contributed by atoms with Crippen molar-refractivity contribution < 1.29 is 0 Å². The van der Waals surface area contributed by atoms with Gasteiger partial charge in [0.1, 0.15) is 5.82 Å². The maximum Gasteiger partial charge on any atom is 0.126 e. The van der Waals surface area contributed by atoms with E-state index in [2.05, 4.69) is 22.1 Å². The number of hydrogen-bond acceptors (Lipinski definition) is 3. The van der Waals surface area contributed by atoms with Gasteiger partial charge in [0, 0.05) is 19.6 Å². The number of aromatic nitrogens is 1. The Morgan fingerprint density at radius 3 is 3.00 bits per heavy atom. The molecule has 0 radical (unpaired) electrons. The number of hydrogen-bond donors (Lipinski definition) is 1. The van der Waals surface area contributed by atoms with Crippen LogP contribution in [0, 0.1) is 0 Å². The second-order valence-corrected chi connectivity index (χ2v) is 5.69. The predicted molar refractivity (Wildman–Crippen MR) is 81.8 cm³/mol. The lowest BCUT2D eigenvalue weighted by atomic mass is 9.98. The first-order chi connectivity index (χ1) is 9.24.